The third-order valence-corrected chi connectivity index (χ3v) is 3.16. The van der Waals surface area contributed by atoms with Gasteiger partial charge in [-0.3, -0.25) is 4.79 Å². The molecule has 0 aliphatic carbocycles. The lowest BCUT2D eigenvalue weighted by Gasteiger charge is -2.25. The summed E-state index contributed by atoms with van der Waals surface area (Å²) in [6.07, 6.45) is 0. The number of benzene rings is 1. The fourth-order valence-electron chi connectivity index (χ4n) is 1.71. The van der Waals surface area contributed by atoms with Gasteiger partial charge in [0.05, 0.1) is 19.2 Å². The monoisotopic (exact) mass is 322 g/mol. The van der Waals surface area contributed by atoms with Crippen molar-refractivity contribution in [3.63, 3.8) is 0 Å². The molecule has 0 heterocycles. The van der Waals surface area contributed by atoms with Crippen LogP contribution in [0.4, 0.5) is 8.78 Å². The highest BCUT2D eigenvalue weighted by Crippen LogP contribution is 2.20. The molecular weight excluding hydrogens is 302 g/mol. The van der Waals surface area contributed by atoms with E-state index in [1.54, 1.807) is 21.1 Å². The summed E-state index contributed by atoms with van der Waals surface area (Å²) < 4.78 is 30.9. The Bertz CT molecular complexity index is 461. The van der Waals surface area contributed by atoms with Crippen LogP contribution in [0.2, 0.25) is 0 Å². The molecule has 7 heteroatoms. The molecule has 0 saturated heterocycles. The fourth-order valence-corrected chi connectivity index (χ4v) is 1.71. The van der Waals surface area contributed by atoms with Crippen molar-refractivity contribution < 1.29 is 18.3 Å². The predicted molar refractivity (Wildman–Crippen MR) is 79.5 cm³/mol. The number of amides is 1. The van der Waals surface area contributed by atoms with Crippen LogP contribution in [0.25, 0.3) is 0 Å². The van der Waals surface area contributed by atoms with E-state index in [2.05, 4.69) is 5.32 Å². The van der Waals surface area contributed by atoms with Crippen molar-refractivity contribution in [1.29, 1.82) is 0 Å². The zero-order chi connectivity index (χ0) is 15.1. The highest BCUT2D eigenvalue weighted by Gasteiger charge is 2.18. The van der Waals surface area contributed by atoms with Crippen molar-refractivity contribution >= 4 is 18.3 Å². The standard InChI is InChI=1S/C14H20F2N2O2.ClH/c1-10(11-4-5-12(15)13(16)8-11)18(2)14(19)9-17-6-7-20-3;/h4-5,8,10,17H,6-7,9H2,1-3H3;1H. The number of ether oxygens (including phenoxy) is 1. The van der Waals surface area contributed by atoms with E-state index in [1.165, 1.54) is 11.0 Å². The van der Waals surface area contributed by atoms with E-state index in [4.69, 9.17) is 4.74 Å². The number of nitrogens with one attached hydrogen (secondary N) is 1. The number of likely N-dealkylation sites (N-methyl/N-ethyl adjacent to an activating group) is 1. The predicted octanol–water partition coefficient (Wildman–Crippen LogP) is 2.14. The van der Waals surface area contributed by atoms with Crippen molar-refractivity contribution in [2.24, 2.45) is 0 Å². The quantitative estimate of drug-likeness (QED) is 0.782. The summed E-state index contributed by atoms with van der Waals surface area (Å²) in [5.41, 5.74) is 0.552. The fraction of sp³-hybridized carbons (Fsp3) is 0.500. The second-order valence-corrected chi connectivity index (χ2v) is 4.52. The molecule has 1 atom stereocenters. The first kappa shape index (κ1) is 19.8. The average Bonchev–Trinajstić information content (AvgIpc) is 2.44. The van der Waals surface area contributed by atoms with Gasteiger partial charge < -0.3 is 15.0 Å². The van der Waals surface area contributed by atoms with Crippen molar-refractivity contribution in [1.82, 2.24) is 10.2 Å². The van der Waals surface area contributed by atoms with E-state index >= 15 is 0 Å². The van der Waals surface area contributed by atoms with Gasteiger partial charge in [-0.15, -0.1) is 12.4 Å². The lowest BCUT2D eigenvalue weighted by Crippen LogP contribution is -2.38. The molecule has 0 aromatic heterocycles. The second-order valence-electron chi connectivity index (χ2n) is 4.52. The smallest absolute Gasteiger partial charge is 0.236 e. The zero-order valence-electron chi connectivity index (χ0n) is 12.4. The normalized spacial score (nSPS) is 11.7. The lowest BCUT2D eigenvalue weighted by atomic mass is 10.1. The van der Waals surface area contributed by atoms with Gasteiger partial charge >= 0.3 is 0 Å². The van der Waals surface area contributed by atoms with Gasteiger partial charge in [0, 0.05) is 20.7 Å². The first-order valence-electron chi connectivity index (χ1n) is 6.37. The van der Waals surface area contributed by atoms with Gasteiger partial charge in [-0.25, -0.2) is 8.78 Å². The summed E-state index contributed by atoms with van der Waals surface area (Å²) in [6, 6.07) is 3.32. The van der Waals surface area contributed by atoms with Gasteiger partial charge in [-0.2, -0.15) is 0 Å². The Balaban J connectivity index is 0.00000400. The van der Waals surface area contributed by atoms with Crippen LogP contribution in [0.1, 0.15) is 18.5 Å². The van der Waals surface area contributed by atoms with E-state index in [0.717, 1.165) is 12.1 Å². The molecule has 21 heavy (non-hydrogen) atoms. The molecule has 1 unspecified atom stereocenters. The number of carbonyl (C=O) groups is 1. The minimum atomic E-state index is -0.909. The molecule has 120 valence electrons. The van der Waals surface area contributed by atoms with Gasteiger partial charge in [0.15, 0.2) is 11.6 Å². The molecule has 4 nitrogen and oxygen atoms in total. The Morgan fingerprint density at radius 3 is 2.62 bits per heavy atom. The second kappa shape index (κ2) is 9.65. The highest BCUT2D eigenvalue weighted by molar-refractivity contribution is 5.85. The summed E-state index contributed by atoms with van der Waals surface area (Å²) in [7, 11) is 3.22. The van der Waals surface area contributed by atoms with E-state index in [0.29, 0.717) is 18.7 Å². The van der Waals surface area contributed by atoms with E-state index in [1.807, 2.05) is 0 Å². The molecule has 0 aliphatic heterocycles. The van der Waals surface area contributed by atoms with Crippen LogP contribution < -0.4 is 5.32 Å². The third kappa shape index (κ3) is 5.95. The summed E-state index contributed by atoms with van der Waals surface area (Å²) in [4.78, 5) is 13.4. The molecule has 1 N–H and O–H groups in total. The molecule has 0 saturated carbocycles. The minimum Gasteiger partial charge on any atom is -0.383 e. The number of nitrogens with zero attached hydrogens (tertiary/aromatic N) is 1. The summed E-state index contributed by atoms with van der Waals surface area (Å²) >= 11 is 0. The Hall–Kier alpha value is -1.24. The van der Waals surface area contributed by atoms with Crippen LogP contribution in [0, 0.1) is 11.6 Å². The van der Waals surface area contributed by atoms with Gasteiger partial charge in [0.2, 0.25) is 5.91 Å². The van der Waals surface area contributed by atoms with Crippen LogP contribution in [-0.4, -0.2) is 44.7 Å². The third-order valence-electron chi connectivity index (χ3n) is 3.16. The molecule has 0 spiro atoms. The number of carbonyl (C=O) groups excluding carboxylic acids is 1. The number of methoxy groups -OCH3 is 1. The lowest BCUT2D eigenvalue weighted by molar-refractivity contribution is -0.130. The summed E-state index contributed by atoms with van der Waals surface area (Å²) in [5, 5.41) is 2.94. The molecule has 0 radical (unpaired) electrons. The van der Waals surface area contributed by atoms with Gasteiger partial charge in [0.1, 0.15) is 0 Å². The van der Waals surface area contributed by atoms with Gasteiger partial charge in [-0.1, -0.05) is 6.07 Å². The van der Waals surface area contributed by atoms with Gasteiger partial charge in [0.25, 0.3) is 0 Å². The van der Waals surface area contributed by atoms with Crippen LogP contribution in [0.15, 0.2) is 18.2 Å². The largest absolute Gasteiger partial charge is 0.383 e. The summed E-state index contributed by atoms with van der Waals surface area (Å²) in [6.45, 7) is 3.04. The maximum Gasteiger partial charge on any atom is 0.236 e. The molecule has 0 bridgehead atoms. The molecule has 0 aliphatic rings. The Labute approximate surface area is 129 Å². The number of rotatable bonds is 7. The maximum atomic E-state index is 13.2. The minimum absolute atomic E-state index is 0. The van der Waals surface area contributed by atoms with Crippen molar-refractivity contribution in [3.8, 4) is 0 Å². The van der Waals surface area contributed by atoms with Crippen LogP contribution in [0.3, 0.4) is 0 Å². The molecule has 1 aromatic rings. The van der Waals surface area contributed by atoms with Crippen LogP contribution in [-0.2, 0) is 9.53 Å². The summed E-state index contributed by atoms with van der Waals surface area (Å²) in [5.74, 6) is -1.93. The van der Waals surface area contributed by atoms with Crippen molar-refractivity contribution in [2.45, 2.75) is 13.0 Å². The first-order valence-corrected chi connectivity index (χ1v) is 6.37. The first-order chi connectivity index (χ1) is 9.47. The number of hydrogen-bond donors (Lipinski definition) is 1. The molecule has 1 amide bonds. The maximum absolute atomic E-state index is 13.2. The Morgan fingerprint density at radius 2 is 2.05 bits per heavy atom. The molecule has 0 fully saturated rings. The number of halogens is 3. The Kier molecular flexibility index (Phi) is 9.08. The Morgan fingerprint density at radius 1 is 1.38 bits per heavy atom. The van der Waals surface area contributed by atoms with Crippen molar-refractivity contribution in [3.05, 3.63) is 35.4 Å². The topological polar surface area (TPSA) is 41.6 Å². The average molecular weight is 323 g/mol. The SMILES string of the molecule is COCCNCC(=O)N(C)C(C)c1ccc(F)c(F)c1.Cl. The number of hydrogen-bond acceptors (Lipinski definition) is 3. The van der Waals surface area contributed by atoms with Crippen LogP contribution >= 0.6 is 12.4 Å². The molecule has 1 rings (SSSR count). The van der Waals surface area contributed by atoms with E-state index in [-0.39, 0.29) is 30.9 Å². The van der Waals surface area contributed by atoms with E-state index in [9.17, 15) is 13.6 Å². The molecular formula is C14H21ClF2N2O2. The van der Waals surface area contributed by atoms with Crippen LogP contribution in [0.5, 0.6) is 0 Å². The van der Waals surface area contributed by atoms with Crippen molar-refractivity contribution in [2.75, 3.05) is 33.9 Å². The van der Waals surface area contributed by atoms with E-state index < -0.39 is 11.6 Å². The molecule has 1 aromatic carbocycles. The van der Waals surface area contributed by atoms with Gasteiger partial charge in [-0.05, 0) is 24.6 Å². The highest BCUT2D eigenvalue weighted by atomic mass is 35.5. The zero-order valence-corrected chi connectivity index (χ0v) is 13.2.